The molecule has 0 aromatic rings. The fourth-order valence-electron chi connectivity index (χ4n) is 1.93. The van der Waals surface area contributed by atoms with Crippen molar-refractivity contribution in [3.8, 4) is 0 Å². The van der Waals surface area contributed by atoms with Crippen LogP contribution in [-0.4, -0.2) is 54.6 Å². The van der Waals surface area contributed by atoms with Gasteiger partial charge in [-0.25, -0.2) is 0 Å². The third-order valence-electron chi connectivity index (χ3n) is 3.15. The van der Waals surface area contributed by atoms with Crippen molar-refractivity contribution in [1.82, 2.24) is 0 Å². The summed E-state index contributed by atoms with van der Waals surface area (Å²) in [4.78, 5) is 0. The number of hydrogen-bond donors (Lipinski definition) is 0. The van der Waals surface area contributed by atoms with Gasteiger partial charge in [-0.1, -0.05) is 39.0 Å². The van der Waals surface area contributed by atoms with Gasteiger partial charge in [0.2, 0.25) is 0 Å². The van der Waals surface area contributed by atoms with Crippen molar-refractivity contribution >= 4 is 8.32 Å². The van der Waals surface area contributed by atoms with E-state index >= 15 is 0 Å². The maximum absolute atomic E-state index is 5.70. The van der Waals surface area contributed by atoms with Gasteiger partial charge in [0.25, 0.3) is 0 Å². The summed E-state index contributed by atoms with van der Waals surface area (Å²) in [6.07, 6.45) is 7.83. The Morgan fingerprint density at radius 3 is 1.55 bits per heavy atom. The Bertz CT molecular complexity index is 219. The summed E-state index contributed by atoms with van der Waals surface area (Å²) in [6.45, 7) is 13.6. The maximum Gasteiger partial charge on any atom is 0.183 e. The van der Waals surface area contributed by atoms with E-state index < -0.39 is 8.32 Å². The molecule has 0 aliphatic rings. The zero-order valence-electron chi connectivity index (χ0n) is 15.3. The zero-order valence-corrected chi connectivity index (χ0v) is 16.3. The minimum Gasteiger partial charge on any atom is -0.415 e. The SMILES string of the molecule is CCCCCCCCOCCOCCOCCO[Si](C)(C)C. The first-order chi connectivity index (χ1) is 10.6. The van der Waals surface area contributed by atoms with Crippen molar-refractivity contribution in [3.05, 3.63) is 0 Å². The van der Waals surface area contributed by atoms with Crippen molar-refractivity contribution in [2.45, 2.75) is 65.1 Å². The number of rotatable bonds is 17. The molecule has 0 aliphatic carbocycles. The van der Waals surface area contributed by atoms with E-state index in [4.69, 9.17) is 18.6 Å². The van der Waals surface area contributed by atoms with Gasteiger partial charge in [0.1, 0.15) is 0 Å². The second kappa shape index (κ2) is 15.9. The molecule has 134 valence electrons. The van der Waals surface area contributed by atoms with Crippen LogP contribution in [0.15, 0.2) is 0 Å². The molecule has 5 heteroatoms. The molecular formula is C17H38O4Si. The molecule has 0 unspecified atom stereocenters. The number of unbranched alkanes of at least 4 members (excludes halogenated alkanes) is 5. The molecule has 0 spiro atoms. The molecule has 0 radical (unpaired) electrons. The highest BCUT2D eigenvalue weighted by Gasteiger charge is 2.12. The molecule has 0 rings (SSSR count). The Morgan fingerprint density at radius 1 is 0.545 bits per heavy atom. The predicted octanol–water partition coefficient (Wildman–Crippen LogP) is 4.25. The normalized spacial score (nSPS) is 12.0. The molecule has 0 atom stereocenters. The highest BCUT2D eigenvalue weighted by Crippen LogP contribution is 2.04. The first-order valence-electron chi connectivity index (χ1n) is 8.93. The topological polar surface area (TPSA) is 36.9 Å². The van der Waals surface area contributed by atoms with E-state index in [0.717, 1.165) is 6.61 Å². The van der Waals surface area contributed by atoms with Crippen molar-refractivity contribution in [2.24, 2.45) is 0 Å². The monoisotopic (exact) mass is 334 g/mol. The molecule has 22 heavy (non-hydrogen) atoms. The van der Waals surface area contributed by atoms with E-state index in [1.165, 1.54) is 38.5 Å². The highest BCUT2D eigenvalue weighted by atomic mass is 28.4. The lowest BCUT2D eigenvalue weighted by molar-refractivity contribution is 0.00834. The van der Waals surface area contributed by atoms with Crippen LogP contribution in [0, 0.1) is 0 Å². The summed E-state index contributed by atoms with van der Waals surface area (Å²) in [7, 11) is -1.39. The lowest BCUT2D eigenvalue weighted by Gasteiger charge is -2.16. The van der Waals surface area contributed by atoms with Crippen molar-refractivity contribution in [3.63, 3.8) is 0 Å². The average Bonchev–Trinajstić information content (AvgIpc) is 2.45. The fraction of sp³-hybridized carbons (Fsp3) is 1.00. The molecule has 0 N–H and O–H groups in total. The first kappa shape index (κ1) is 22.1. The summed E-state index contributed by atoms with van der Waals surface area (Å²) in [5.41, 5.74) is 0. The largest absolute Gasteiger partial charge is 0.415 e. The molecule has 0 amide bonds. The van der Waals surface area contributed by atoms with Gasteiger partial charge in [-0.05, 0) is 26.1 Å². The molecule has 0 aromatic carbocycles. The van der Waals surface area contributed by atoms with Gasteiger partial charge >= 0.3 is 0 Å². The second-order valence-electron chi connectivity index (χ2n) is 6.57. The molecule has 0 fully saturated rings. The molecule has 0 saturated heterocycles. The van der Waals surface area contributed by atoms with Crippen LogP contribution in [0.5, 0.6) is 0 Å². The minimum atomic E-state index is -1.39. The standard InChI is InChI=1S/C17H38O4Si/c1-5-6-7-8-9-10-11-18-12-13-19-14-15-20-16-17-21-22(2,3)4/h5-17H2,1-4H3. The fourth-order valence-corrected chi connectivity index (χ4v) is 2.63. The molecule has 0 saturated carbocycles. The maximum atomic E-state index is 5.70. The average molecular weight is 335 g/mol. The first-order valence-corrected chi connectivity index (χ1v) is 12.3. The summed E-state index contributed by atoms with van der Waals surface area (Å²) in [5, 5.41) is 0. The quantitative estimate of drug-likeness (QED) is 0.294. The lowest BCUT2D eigenvalue weighted by atomic mass is 10.1. The van der Waals surface area contributed by atoms with E-state index in [2.05, 4.69) is 26.6 Å². The van der Waals surface area contributed by atoms with Gasteiger partial charge in [0.05, 0.1) is 39.6 Å². The van der Waals surface area contributed by atoms with Crippen molar-refractivity contribution < 1.29 is 18.6 Å². The van der Waals surface area contributed by atoms with Crippen LogP contribution in [0.1, 0.15) is 45.4 Å². The summed E-state index contributed by atoms with van der Waals surface area (Å²) < 4.78 is 22.1. The smallest absolute Gasteiger partial charge is 0.183 e. The summed E-state index contributed by atoms with van der Waals surface area (Å²) in [6, 6.07) is 0. The van der Waals surface area contributed by atoms with Gasteiger partial charge in [-0.3, -0.25) is 0 Å². The Morgan fingerprint density at radius 2 is 1.00 bits per heavy atom. The van der Waals surface area contributed by atoms with Crippen LogP contribution < -0.4 is 0 Å². The Kier molecular flexibility index (Phi) is 16.0. The van der Waals surface area contributed by atoms with Crippen LogP contribution in [0.2, 0.25) is 19.6 Å². The number of hydrogen-bond acceptors (Lipinski definition) is 4. The second-order valence-corrected chi connectivity index (χ2v) is 11.1. The predicted molar refractivity (Wildman–Crippen MR) is 95.1 cm³/mol. The number of ether oxygens (including phenoxy) is 3. The minimum absolute atomic E-state index is 0.631. The molecule has 0 aromatic heterocycles. The van der Waals surface area contributed by atoms with Crippen LogP contribution >= 0.6 is 0 Å². The van der Waals surface area contributed by atoms with Crippen LogP contribution in [-0.2, 0) is 18.6 Å². The lowest BCUT2D eigenvalue weighted by Crippen LogP contribution is -2.27. The molecule has 0 bridgehead atoms. The zero-order chi connectivity index (χ0) is 16.5. The summed E-state index contributed by atoms with van der Waals surface area (Å²) >= 11 is 0. The Balaban J connectivity index is 3.00. The van der Waals surface area contributed by atoms with Gasteiger partial charge in [-0.2, -0.15) is 0 Å². The van der Waals surface area contributed by atoms with E-state index in [9.17, 15) is 0 Å². The van der Waals surface area contributed by atoms with E-state index in [1.807, 2.05) is 0 Å². The third-order valence-corrected chi connectivity index (χ3v) is 4.22. The van der Waals surface area contributed by atoms with Crippen LogP contribution in [0.3, 0.4) is 0 Å². The van der Waals surface area contributed by atoms with Crippen LogP contribution in [0.25, 0.3) is 0 Å². The van der Waals surface area contributed by atoms with Crippen molar-refractivity contribution in [1.29, 1.82) is 0 Å². The van der Waals surface area contributed by atoms with Gasteiger partial charge in [0, 0.05) is 6.61 Å². The molecular weight excluding hydrogens is 296 g/mol. The van der Waals surface area contributed by atoms with Gasteiger partial charge < -0.3 is 18.6 Å². The van der Waals surface area contributed by atoms with Crippen molar-refractivity contribution in [2.75, 3.05) is 46.2 Å². The van der Waals surface area contributed by atoms with E-state index in [0.29, 0.717) is 39.6 Å². The van der Waals surface area contributed by atoms with Gasteiger partial charge in [-0.15, -0.1) is 0 Å². The van der Waals surface area contributed by atoms with E-state index in [-0.39, 0.29) is 0 Å². The molecule has 0 heterocycles. The summed E-state index contributed by atoms with van der Waals surface area (Å²) in [5.74, 6) is 0. The highest BCUT2D eigenvalue weighted by molar-refractivity contribution is 6.69. The van der Waals surface area contributed by atoms with Crippen LogP contribution in [0.4, 0.5) is 0 Å². The van der Waals surface area contributed by atoms with Gasteiger partial charge in [0.15, 0.2) is 8.32 Å². The molecule has 4 nitrogen and oxygen atoms in total. The Labute approximate surface area is 139 Å². The molecule has 0 aliphatic heterocycles. The Hall–Kier alpha value is 0.0569. The van der Waals surface area contributed by atoms with E-state index in [1.54, 1.807) is 0 Å². The third kappa shape index (κ3) is 20.1.